The molecule has 1 amide bonds. The van der Waals surface area contributed by atoms with Crippen LogP contribution in [0.25, 0.3) is 4.91 Å². The molecule has 1 aliphatic heterocycles. The topological polar surface area (TPSA) is 127 Å². The van der Waals surface area contributed by atoms with Crippen molar-refractivity contribution in [2.24, 2.45) is 5.73 Å². The van der Waals surface area contributed by atoms with E-state index in [0.717, 1.165) is 6.08 Å². The van der Waals surface area contributed by atoms with E-state index in [0.29, 0.717) is 11.1 Å². The molecule has 106 valence electrons. The van der Waals surface area contributed by atoms with Crippen molar-refractivity contribution in [1.29, 1.82) is 0 Å². The zero-order chi connectivity index (χ0) is 14.9. The second-order valence-electron chi connectivity index (χ2n) is 4.32. The van der Waals surface area contributed by atoms with Crippen LogP contribution >= 0.6 is 0 Å². The molecule has 1 aromatic rings. The van der Waals surface area contributed by atoms with Gasteiger partial charge in [0.1, 0.15) is 10.9 Å². The number of benzene rings is 1. The Bertz CT molecular complexity index is 691. The molecule has 0 radical (unpaired) electrons. The Morgan fingerprint density at radius 3 is 2.35 bits per heavy atom. The van der Waals surface area contributed by atoms with E-state index in [1.54, 1.807) is 12.1 Å². The second-order valence-corrected chi connectivity index (χ2v) is 5.97. The first-order valence-corrected chi connectivity index (χ1v) is 7.14. The highest BCUT2D eigenvalue weighted by atomic mass is 32.2. The third kappa shape index (κ3) is 2.86. The van der Waals surface area contributed by atoms with Crippen LogP contribution in [0.5, 0.6) is 0 Å². The van der Waals surface area contributed by atoms with E-state index in [4.69, 9.17) is 10.8 Å². The lowest BCUT2D eigenvalue weighted by molar-refractivity contribution is -0.138. The largest absolute Gasteiger partial charge is 0.480 e. The number of carboxylic acid groups (broad SMARTS) is 1. The molecule has 1 aromatic carbocycles. The maximum atomic E-state index is 11.6. The number of carboxylic acids is 1. The summed E-state index contributed by atoms with van der Waals surface area (Å²) in [5.41, 5.74) is 6.43. The standard InChI is InChI=1S/C12H12N2O5S/c13-9(12(16)17)5-7-1-3-8(4-2-7)10-6-11(15)14-20(10,18)19/h1-4,6,9H,5,13H2,(H,14,15)(H,16,17)/t9-/m0/s1. The van der Waals surface area contributed by atoms with Crippen molar-refractivity contribution in [1.82, 2.24) is 4.72 Å². The molecule has 1 atom stereocenters. The van der Waals surface area contributed by atoms with Crippen molar-refractivity contribution < 1.29 is 23.1 Å². The van der Waals surface area contributed by atoms with Crippen LogP contribution in [-0.2, 0) is 26.0 Å². The molecular weight excluding hydrogens is 284 g/mol. The number of aliphatic carboxylic acids is 1. The van der Waals surface area contributed by atoms with E-state index in [1.165, 1.54) is 12.1 Å². The summed E-state index contributed by atoms with van der Waals surface area (Å²) in [6.45, 7) is 0. The highest BCUT2D eigenvalue weighted by Crippen LogP contribution is 2.24. The fraction of sp³-hybridized carbons (Fsp3) is 0.167. The van der Waals surface area contributed by atoms with E-state index in [-0.39, 0.29) is 11.3 Å². The van der Waals surface area contributed by atoms with E-state index < -0.39 is 27.9 Å². The molecule has 0 bridgehead atoms. The normalized spacial score (nSPS) is 18.2. The van der Waals surface area contributed by atoms with Gasteiger partial charge in [-0.3, -0.25) is 9.59 Å². The number of carbonyl (C=O) groups excluding carboxylic acids is 1. The zero-order valence-corrected chi connectivity index (χ0v) is 11.1. The average molecular weight is 296 g/mol. The number of nitrogens with one attached hydrogen (secondary N) is 1. The number of sulfonamides is 1. The Hall–Kier alpha value is -2.19. The predicted molar refractivity (Wildman–Crippen MR) is 70.8 cm³/mol. The summed E-state index contributed by atoms with van der Waals surface area (Å²) >= 11 is 0. The first kappa shape index (κ1) is 14.2. The maximum Gasteiger partial charge on any atom is 0.320 e. The number of carbonyl (C=O) groups is 2. The van der Waals surface area contributed by atoms with Gasteiger partial charge in [-0.15, -0.1) is 0 Å². The fourth-order valence-corrected chi connectivity index (χ4v) is 2.94. The van der Waals surface area contributed by atoms with Crippen molar-refractivity contribution in [3.63, 3.8) is 0 Å². The summed E-state index contributed by atoms with van der Waals surface area (Å²) in [5, 5.41) is 8.71. The zero-order valence-electron chi connectivity index (χ0n) is 10.2. The Balaban J connectivity index is 2.23. The van der Waals surface area contributed by atoms with Gasteiger partial charge in [-0.1, -0.05) is 24.3 Å². The molecule has 1 aliphatic rings. The summed E-state index contributed by atoms with van der Waals surface area (Å²) < 4.78 is 25.1. The van der Waals surface area contributed by atoms with Crippen molar-refractivity contribution in [3.05, 3.63) is 41.5 Å². The van der Waals surface area contributed by atoms with Gasteiger partial charge in [0.15, 0.2) is 0 Å². The number of nitrogens with two attached hydrogens (primary N) is 1. The third-order valence-electron chi connectivity index (χ3n) is 2.80. The van der Waals surface area contributed by atoms with Gasteiger partial charge in [-0.25, -0.2) is 13.1 Å². The second kappa shape index (κ2) is 5.06. The minimum absolute atomic E-state index is 0.100. The minimum Gasteiger partial charge on any atom is -0.480 e. The quantitative estimate of drug-likeness (QED) is 0.683. The van der Waals surface area contributed by atoms with Crippen LogP contribution in [0.4, 0.5) is 0 Å². The smallest absolute Gasteiger partial charge is 0.320 e. The Kier molecular flexibility index (Phi) is 3.60. The van der Waals surface area contributed by atoms with Gasteiger partial charge in [0.05, 0.1) is 0 Å². The number of hydrogen-bond donors (Lipinski definition) is 3. The molecule has 7 nitrogen and oxygen atoms in total. The first-order chi connectivity index (χ1) is 9.29. The van der Waals surface area contributed by atoms with Gasteiger partial charge < -0.3 is 10.8 Å². The predicted octanol–water partition coefficient (Wildman–Crippen LogP) is -0.558. The lowest BCUT2D eigenvalue weighted by atomic mass is 10.0. The molecule has 0 fully saturated rings. The van der Waals surface area contributed by atoms with Crippen LogP contribution < -0.4 is 10.5 Å². The lowest BCUT2D eigenvalue weighted by Crippen LogP contribution is -2.32. The van der Waals surface area contributed by atoms with E-state index >= 15 is 0 Å². The Morgan fingerprint density at radius 2 is 1.90 bits per heavy atom. The average Bonchev–Trinajstić information content (AvgIpc) is 2.63. The van der Waals surface area contributed by atoms with Gasteiger partial charge in [-0.05, 0) is 17.5 Å². The van der Waals surface area contributed by atoms with Crippen LogP contribution in [-0.4, -0.2) is 31.4 Å². The maximum absolute atomic E-state index is 11.6. The lowest BCUT2D eigenvalue weighted by Gasteiger charge is -2.07. The van der Waals surface area contributed by atoms with Gasteiger partial charge in [-0.2, -0.15) is 0 Å². The van der Waals surface area contributed by atoms with Crippen LogP contribution in [0, 0.1) is 0 Å². The third-order valence-corrected chi connectivity index (χ3v) is 4.20. The minimum atomic E-state index is -3.80. The van der Waals surface area contributed by atoms with Crippen LogP contribution in [0.2, 0.25) is 0 Å². The molecule has 0 unspecified atom stereocenters. The van der Waals surface area contributed by atoms with Gasteiger partial charge >= 0.3 is 5.97 Å². The Labute approximate surface area is 115 Å². The van der Waals surface area contributed by atoms with Crippen LogP contribution in [0.3, 0.4) is 0 Å². The van der Waals surface area contributed by atoms with E-state index in [2.05, 4.69) is 0 Å². The van der Waals surface area contributed by atoms with Crippen molar-refractivity contribution >= 4 is 26.8 Å². The monoisotopic (exact) mass is 296 g/mol. The van der Waals surface area contributed by atoms with Crippen LogP contribution in [0.1, 0.15) is 11.1 Å². The molecule has 20 heavy (non-hydrogen) atoms. The van der Waals surface area contributed by atoms with Crippen molar-refractivity contribution in [2.75, 3.05) is 0 Å². The molecule has 2 rings (SSSR count). The first-order valence-electron chi connectivity index (χ1n) is 5.66. The highest BCUT2D eigenvalue weighted by molar-refractivity contribution is 7.99. The summed E-state index contributed by atoms with van der Waals surface area (Å²) in [6, 6.07) is 5.16. The van der Waals surface area contributed by atoms with Gasteiger partial charge in [0.25, 0.3) is 15.9 Å². The molecular formula is C12H12N2O5S. The molecule has 0 aliphatic carbocycles. The van der Waals surface area contributed by atoms with Gasteiger partial charge in [0.2, 0.25) is 0 Å². The molecule has 1 heterocycles. The van der Waals surface area contributed by atoms with E-state index in [9.17, 15) is 18.0 Å². The number of hydrogen-bond acceptors (Lipinski definition) is 5. The number of amides is 1. The summed E-state index contributed by atoms with van der Waals surface area (Å²) in [4.78, 5) is 21.6. The molecule has 0 saturated heterocycles. The summed E-state index contributed by atoms with van der Waals surface area (Å²) in [5.74, 6) is -1.79. The molecule has 0 spiro atoms. The number of rotatable bonds is 4. The molecule has 0 saturated carbocycles. The Morgan fingerprint density at radius 1 is 1.30 bits per heavy atom. The van der Waals surface area contributed by atoms with Crippen molar-refractivity contribution in [2.45, 2.75) is 12.5 Å². The van der Waals surface area contributed by atoms with Crippen molar-refractivity contribution in [3.8, 4) is 0 Å². The summed E-state index contributed by atoms with van der Waals surface area (Å²) in [7, 11) is -3.80. The van der Waals surface area contributed by atoms with E-state index in [1.807, 2.05) is 4.72 Å². The SMILES string of the molecule is N[C@@H](Cc1ccc(C2=CC(=O)NS2(=O)=O)cc1)C(=O)O. The van der Waals surface area contributed by atoms with Gasteiger partial charge in [0, 0.05) is 6.08 Å². The highest BCUT2D eigenvalue weighted by Gasteiger charge is 2.28. The molecule has 8 heteroatoms. The summed E-state index contributed by atoms with van der Waals surface area (Å²) in [6.07, 6.45) is 1.14. The molecule has 0 aromatic heterocycles. The van der Waals surface area contributed by atoms with Crippen LogP contribution in [0.15, 0.2) is 30.3 Å². The fourth-order valence-electron chi connectivity index (χ4n) is 1.80. The molecule has 4 N–H and O–H groups in total.